The number of ether oxygens (including phenoxy) is 3. The van der Waals surface area contributed by atoms with Crippen LogP contribution in [0.25, 0.3) is 5.76 Å². The number of carbonyl (C=O) groups excluding carboxylic acids is 2. The summed E-state index contributed by atoms with van der Waals surface area (Å²) in [6.07, 6.45) is 3.26. The second-order valence-corrected chi connectivity index (χ2v) is 7.91. The third-order valence-electron chi connectivity index (χ3n) is 5.89. The van der Waals surface area contributed by atoms with E-state index in [1.807, 2.05) is 0 Å². The molecule has 172 valence electrons. The maximum atomic E-state index is 13.2. The van der Waals surface area contributed by atoms with Gasteiger partial charge in [-0.3, -0.25) is 14.6 Å². The lowest BCUT2D eigenvalue weighted by Crippen LogP contribution is -2.29. The smallest absolute Gasteiger partial charge is 0.295 e. The zero-order valence-corrected chi connectivity index (χ0v) is 18.4. The highest BCUT2D eigenvalue weighted by Crippen LogP contribution is 2.42. The number of Topliss-reactive ketones (excluding diaryl/α,β-unsaturated/α-hetero) is 1. The number of pyridine rings is 1. The summed E-state index contributed by atoms with van der Waals surface area (Å²) in [6, 6.07) is 14.8. The zero-order valence-electron chi connectivity index (χ0n) is 18.4. The number of hydrogen-bond acceptors (Lipinski definition) is 7. The molecular weight excluding hydrogens is 436 g/mol. The number of ketones is 1. The summed E-state index contributed by atoms with van der Waals surface area (Å²) in [7, 11) is 1.56. The van der Waals surface area contributed by atoms with E-state index in [0.717, 1.165) is 5.56 Å². The Bertz CT molecular complexity index is 1270. The maximum absolute atomic E-state index is 13.2. The molecule has 2 aliphatic rings. The third kappa shape index (κ3) is 3.83. The molecule has 0 saturated carbocycles. The second-order valence-electron chi connectivity index (χ2n) is 7.91. The van der Waals surface area contributed by atoms with Crippen LogP contribution in [0.15, 0.2) is 72.6 Å². The summed E-state index contributed by atoms with van der Waals surface area (Å²) in [5.41, 5.74) is 1.87. The Morgan fingerprint density at radius 3 is 2.44 bits per heavy atom. The zero-order chi connectivity index (χ0) is 23.7. The van der Waals surface area contributed by atoms with Crippen molar-refractivity contribution in [1.29, 1.82) is 0 Å². The minimum absolute atomic E-state index is 0.0147. The first-order valence-electron chi connectivity index (χ1n) is 10.8. The van der Waals surface area contributed by atoms with Gasteiger partial charge in [0.05, 0.1) is 18.7 Å². The number of likely N-dealkylation sites (tertiary alicyclic amines) is 1. The number of carbonyl (C=O) groups is 2. The van der Waals surface area contributed by atoms with Crippen LogP contribution in [0.3, 0.4) is 0 Å². The van der Waals surface area contributed by atoms with Crippen molar-refractivity contribution in [2.24, 2.45) is 0 Å². The van der Waals surface area contributed by atoms with E-state index in [-0.39, 0.29) is 17.9 Å². The van der Waals surface area contributed by atoms with Gasteiger partial charge < -0.3 is 24.2 Å². The van der Waals surface area contributed by atoms with Crippen molar-refractivity contribution in [3.63, 3.8) is 0 Å². The van der Waals surface area contributed by atoms with Crippen LogP contribution in [0.5, 0.6) is 17.2 Å². The van der Waals surface area contributed by atoms with Gasteiger partial charge in [-0.25, -0.2) is 0 Å². The van der Waals surface area contributed by atoms with E-state index in [0.29, 0.717) is 41.6 Å². The van der Waals surface area contributed by atoms with Crippen LogP contribution in [-0.2, 0) is 16.1 Å². The van der Waals surface area contributed by atoms with Crippen molar-refractivity contribution < 1.29 is 28.9 Å². The minimum Gasteiger partial charge on any atom is -0.507 e. The SMILES string of the molecule is COc1ccc([C@H]2C(=C(O)c3ccc4c(c3)OCCO4)C(=O)C(=O)N2Cc2ccncc2)cc1. The maximum Gasteiger partial charge on any atom is 0.295 e. The van der Waals surface area contributed by atoms with Gasteiger partial charge >= 0.3 is 0 Å². The van der Waals surface area contributed by atoms with Gasteiger partial charge in [0.15, 0.2) is 11.5 Å². The molecular formula is C26H22N2O6. The molecule has 2 aliphatic heterocycles. The molecule has 3 heterocycles. The molecule has 1 amide bonds. The van der Waals surface area contributed by atoms with E-state index in [1.165, 1.54) is 4.90 Å². The number of amides is 1. The van der Waals surface area contributed by atoms with Gasteiger partial charge in [-0.2, -0.15) is 0 Å². The number of nitrogens with zero attached hydrogens (tertiary/aromatic N) is 2. The predicted molar refractivity (Wildman–Crippen MR) is 123 cm³/mol. The molecule has 3 aromatic rings. The quantitative estimate of drug-likeness (QED) is 0.355. The Hall–Kier alpha value is -4.33. The average molecular weight is 458 g/mol. The molecule has 1 saturated heterocycles. The molecule has 1 atom stereocenters. The van der Waals surface area contributed by atoms with Crippen LogP contribution in [0.4, 0.5) is 0 Å². The van der Waals surface area contributed by atoms with Crippen LogP contribution >= 0.6 is 0 Å². The van der Waals surface area contributed by atoms with Crippen molar-refractivity contribution in [2.45, 2.75) is 12.6 Å². The first-order chi connectivity index (χ1) is 16.6. The molecule has 8 heteroatoms. The molecule has 2 aromatic carbocycles. The molecule has 34 heavy (non-hydrogen) atoms. The minimum atomic E-state index is -0.785. The van der Waals surface area contributed by atoms with Gasteiger partial charge in [-0.1, -0.05) is 12.1 Å². The number of aromatic nitrogens is 1. The average Bonchev–Trinajstić information content (AvgIpc) is 3.13. The fraction of sp³-hybridized carbons (Fsp3) is 0.192. The largest absolute Gasteiger partial charge is 0.507 e. The molecule has 0 bridgehead atoms. The summed E-state index contributed by atoms with van der Waals surface area (Å²) >= 11 is 0. The van der Waals surface area contributed by atoms with E-state index >= 15 is 0 Å². The van der Waals surface area contributed by atoms with Crippen LogP contribution < -0.4 is 14.2 Å². The molecule has 1 aromatic heterocycles. The Morgan fingerprint density at radius 2 is 1.74 bits per heavy atom. The normalized spacial score (nSPS) is 18.7. The summed E-state index contributed by atoms with van der Waals surface area (Å²) < 4.78 is 16.4. The lowest BCUT2D eigenvalue weighted by molar-refractivity contribution is -0.140. The third-order valence-corrected chi connectivity index (χ3v) is 5.89. The van der Waals surface area contributed by atoms with Gasteiger partial charge in [0.25, 0.3) is 11.7 Å². The predicted octanol–water partition coefficient (Wildman–Crippen LogP) is 3.48. The van der Waals surface area contributed by atoms with E-state index < -0.39 is 17.7 Å². The van der Waals surface area contributed by atoms with E-state index in [1.54, 1.807) is 74.1 Å². The molecule has 8 nitrogen and oxygen atoms in total. The number of hydrogen-bond donors (Lipinski definition) is 1. The Balaban J connectivity index is 1.62. The van der Waals surface area contributed by atoms with Crippen molar-refractivity contribution >= 4 is 17.4 Å². The monoisotopic (exact) mass is 458 g/mol. The number of aliphatic hydroxyl groups excluding tert-OH is 1. The highest BCUT2D eigenvalue weighted by atomic mass is 16.6. The van der Waals surface area contributed by atoms with E-state index in [4.69, 9.17) is 14.2 Å². The molecule has 5 rings (SSSR count). The number of rotatable bonds is 5. The van der Waals surface area contributed by atoms with Crippen LogP contribution in [0.2, 0.25) is 0 Å². The summed E-state index contributed by atoms with van der Waals surface area (Å²) in [5, 5.41) is 11.3. The van der Waals surface area contributed by atoms with Crippen LogP contribution in [-0.4, -0.2) is 47.0 Å². The fourth-order valence-electron chi connectivity index (χ4n) is 4.21. The van der Waals surface area contributed by atoms with Crippen molar-refractivity contribution in [3.05, 3.63) is 89.3 Å². The molecule has 0 aliphatic carbocycles. The topological polar surface area (TPSA) is 98.2 Å². The fourth-order valence-corrected chi connectivity index (χ4v) is 4.21. The molecule has 0 spiro atoms. The molecule has 1 N–H and O–H groups in total. The Kier molecular flexibility index (Phi) is 5.63. The summed E-state index contributed by atoms with van der Waals surface area (Å²) in [5.74, 6) is -0.0241. The van der Waals surface area contributed by atoms with Gasteiger partial charge in [0, 0.05) is 24.5 Å². The standard InChI is InChI=1S/C26H22N2O6/c1-32-19-5-2-17(3-6-19)23-22(24(29)18-4-7-20-21(14-18)34-13-12-33-20)25(30)26(31)28(23)15-16-8-10-27-11-9-16/h2-11,14,23,29H,12-13,15H2,1H3/t23-/m0/s1. The molecule has 0 unspecified atom stereocenters. The molecule has 1 fully saturated rings. The number of benzene rings is 2. The number of aliphatic hydroxyl groups is 1. The van der Waals surface area contributed by atoms with Crippen LogP contribution in [0, 0.1) is 0 Å². The highest BCUT2D eigenvalue weighted by molar-refractivity contribution is 6.46. The number of fused-ring (bicyclic) bond motifs is 1. The number of methoxy groups -OCH3 is 1. The summed E-state index contributed by atoms with van der Waals surface area (Å²) in [6.45, 7) is 1.01. The lowest BCUT2D eigenvalue weighted by Gasteiger charge is -2.25. The van der Waals surface area contributed by atoms with E-state index in [2.05, 4.69) is 4.98 Å². The Labute approximate surface area is 196 Å². The first kappa shape index (κ1) is 21.5. The van der Waals surface area contributed by atoms with Gasteiger partial charge in [-0.05, 0) is 53.6 Å². The second kappa shape index (κ2) is 8.90. The van der Waals surface area contributed by atoms with Crippen molar-refractivity contribution in [3.8, 4) is 17.2 Å². The van der Waals surface area contributed by atoms with Crippen LogP contribution in [0.1, 0.15) is 22.7 Å². The van der Waals surface area contributed by atoms with Gasteiger partial charge in [-0.15, -0.1) is 0 Å². The van der Waals surface area contributed by atoms with Crippen molar-refractivity contribution in [2.75, 3.05) is 20.3 Å². The van der Waals surface area contributed by atoms with E-state index in [9.17, 15) is 14.7 Å². The molecule has 0 radical (unpaired) electrons. The Morgan fingerprint density at radius 1 is 1.03 bits per heavy atom. The summed E-state index contributed by atoms with van der Waals surface area (Å²) in [4.78, 5) is 31.8. The lowest BCUT2D eigenvalue weighted by atomic mass is 9.95. The first-order valence-corrected chi connectivity index (χ1v) is 10.8. The van der Waals surface area contributed by atoms with Gasteiger partial charge in [0.2, 0.25) is 0 Å². The van der Waals surface area contributed by atoms with Crippen molar-refractivity contribution in [1.82, 2.24) is 9.88 Å². The van der Waals surface area contributed by atoms with Gasteiger partial charge in [0.1, 0.15) is 24.7 Å². The highest BCUT2D eigenvalue weighted by Gasteiger charge is 2.46.